The van der Waals surface area contributed by atoms with Crippen LogP contribution in [-0.4, -0.2) is 53.5 Å². The fourth-order valence-corrected chi connectivity index (χ4v) is 4.47. The average Bonchev–Trinajstić information content (AvgIpc) is 3.33. The monoisotopic (exact) mass is 409 g/mol. The van der Waals surface area contributed by atoms with Gasteiger partial charge in [0.25, 0.3) is 5.91 Å². The molecule has 2 aromatic rings. The van der Waals surface area contributed by atoms with E-state index in [-0.39, 0.29) is 29.6 Å². The van der Waals surface area contributed by atoms with Gasteiger partial charge in [-0.2, -0.15) is 0 Å². The molecular weight excluding hydrogens is 386 g/mol. The minimum atomic E-state index is -0.586. The Bertz CT molecular complexity index is 999. The van der Waals surface area contributed by atoms with Crippen LogP contribution in [0.1, 0.15) is 40.0 Å². The summed E-state index contributed by atoms with van der Waals surface area (Å²) < 4.78 is 5.00. The van der Waals surface area contributed by atoms with E-state index in [4.69, 9.17) is 4.52 Å². The molecule has 1 aromatic heterocycles. The largest absolute Gasteiger partial charge is 0.364 e. The molecule has 0 saturated carbocycles. The molecule has 9 heteroatoms. The van der Waals surface area contributed by atoms with Crippen LogP contribution < -0.4 is 16.0 Å². The number of piperidine rings is 1. The second kappa shape index (κ2) is 7.33. The fourth-order valence-electron chi connectivity index (χ4n) is 4.47. The number of nitrogens with zero attached hydrogens (tertiary/aromatic N) is 2. The molecule has 156 valence electrons. The van der Waals surface area contributed by atoms with Gasteiger partial charge in [-0.25, -0.2) is 0 Å². The smallest absolute Gasteiger partial charge is 0.255 e. The van der Waals surface area contributed by atoms with E-state index in [0.29, 0.717) is 25.1 Å². The van der Waals surface area contributed by atoms with Crippen molar-refractivity contribution in [1.82, 2.24) is 26.0 Å². The molecule has 2 fully saturated rings. The van der Waals surface area contributed by atoms with E-state index >= 15 is 0 Å². The molecule has 3 aliphatic heterocycles. The zero-order valence-corrected chi connectivity index (χ0v) is 16.4. The lowest BCUT2D eigenvalue weighted by Crippen LogP contribution is -2.61. The Morgan fingerprint density at radius 3 is 2.80 bits per heavy atom. The Kier molecular flexibility index (Phi) is 4.63. The van der Waals surface area contributed by atoms with Crippen LogP contribution in [0.4, 0.5) is 0 Å². The topological polar surface area (TPSA) is 117 Å². The van der Waals surface area contributed by atoms with E-state index in [1.807, 2.05) is 24.3 Å². The predicted molar refractivity (Wildman–Crippen MR) is 105 cm³/mol. The van der Waals surface area contributed by atoms with Crippen molar-refractivity contribution in [2.75, 3.05) is 19.6 Å². The molecule has 3 aliphatic rings. The van der Waals surface area contributed by atoms with Crippen molar-refractivity contribution in [2.45, 2.75) is 37.4 Å². The van der Waals surface area contributed by atoms with Crippen molar-refractivity contribution in [3.63, 3.8) is 0 Å². The number of amides is 3. The highest BCUT2D eigenvalue weighted by Crippen LogP contribution is 2.29. The summed E-state index contributed by atoms with van der Waals surface area (Å²) in [5.41, 5.74) is 3.43. The van der Waals surface area contributed by atoms with Crippen LogP contribution in [0.3, 0.4) is 0 Å². The van der Waals surface area contributed by atoms with Gasteiger partial charge in [-0.15, -0.1) is 0 Å². The number of nitrogens with one attached hydrogen (secondary N) is 3. The van der Waals surface area contributed by atoms with Gasteiger partial charge in [0, 0.05) is 50.8 Å². The van der Waals surface area contributed by atoms with Crippen LogP contribution in [0.15, 0.2) is 35.1 Å². The Hall–Kier alpha value is -3.04. The van der Waals surface area contributed by atoms with Gasteiger partial charge < -0.3 is 20.1 Å². The Balaban J connectivity index is 1.24. The number of carbonyl (C=O) groups excluding carboxylic acids is 3. The number of hydrogen-bond acceptors (Lipinski definition) is 7. The molecule has 4 heterocycles. The number of fused-ring (bicyclic) bond motifs is 1. The summed E-state index contributed by atoms with van der Waals surface area (Å²) in [6.45, 7) is 3.46. The number of carbonyl (C=O) groups is 3. The first-order valence-electron chi connectivity index (χ1n) is 10.1. The average molecular weight is 409 g/mol. The van der Waals surface area contributed by atoms with Crippen LogP contribution in [0.5, 0.6) is 0 Å². The highest BCUT2D eigenvalue weighted by molar-refractivity contribution is 6.05. The van der Waals surface area contributed by atoms with E-state index in [0.717, 1.165) is 36.5 Å². The fraction of sp³-hybridized carbons (Fsp3) is 0.429. The molecule has 3 N–H and O–H groups in total. The van der Waals surface area contributed by atoms with Crippen molar-refractivity contribution in [2.24, 2.45) is 0 Å². The molecule has 1 atom stereocenters. The van der Waals surface area contributed by atoms with Crippen LogP contribution >= 0.6 is 0 Å². The van der Waals surface area contributed by atoms with Gasteiger partial charge in [-0.1, -0.05) is 17.3 Å². The quantitative estimate of drug-likeness (QED) is 0.578. The minimum Gasteiger partial charge on any atom is -0.364 e. The van der Waals surface area contributed by atoms with E-state index < -0.39 is 6.04 Å². The molecule has 0 spiro atoms. The third kappa shape index (κ3) is 3.20. The maximum Gasteiger partial charge on any atom is 0.255 e. The van der Waals surface area contributed by atoms with Gasteiger partial charge in [0.2, 0.25) is 11.8 Å². The lowest BCUT2D eigenvalue weighted by atomic mass is 9.78. The zero-order valence-electron chi connectivity index (χ0n) is 16.4. The lowest BCUT2D eigenvalue weighted by molar-refractivity contribution is -0.136. The molecule has 0 bridgehead atoms. The maximum atomic E-state index is 12.9. The van der Waals surface area contributed by atoms with Crippen LogP contribution in [0.25, 0.3) is 0 Å². The summed E-state index contributed by atoms with van der Waals surface area (Å²) in [5.74, 6) is -0.816. The first kappa shape index (κ1) is 19.0. The molecule has 1 unspecified atom stereocenters. The summed E-state index contributed by atoms with van der Waals surface area (Å²) in [5, 5.41) is 13.2. The summed E-state index contributed by atoms with van der Waals surface area (Å²) in [7, 11) is 0. The number of rotatable bonds is 6. The van der Waals surface area contributed by atoms with Crippen LogP contribution in [0, 0.1) is 0 Å². The van der Waals surface area contributed by atoms with E-state index in [2.05, 4.69) is 21.1 Å². The Labute approximate surface area is 173 Å². The van der Waals surface area contributed by atoms with E-state index in [9.17, 15) is 14.4 Å². The molecule has 30 heavy (non-hydrogen) atoms. The highest BCUT2D eigenvalue weighted by Gasteiger charge is 2.41. The molecule has 3 amide bonds. The predicted octanol–water partition coefficient (Wildman–Crippen LogP) is 0.0664. The second-order valence-corrected chi connectivity index (χ2v) is 8.26. The molecular formula is C21H23N5O4. The van der Waals surface area contributed by atoms with Crippen molar-refractivity contribution in [3.8, 4) is 0 Å². The van der Waals surface area contributed by atoms with Crippen molar-refractivity contribution < 1.29 is 18.9 Å². The van der Waals surface area contributed by atoms with Crippen molar-refractivity contribution >= 4 is 17.7 Å². The number of hydrogen-bond donors (Lipinski definition) is 3. The van der Waals surface area contributed by atoms with Crippen molar-refractivity contribution in [3.05, 3.63) is 52.9 Å². The molecule has 9 nitrogen and oxygen atoms in total. The van der Waals surface area contributed by atoms with Gasteiger partial charge >= 0.3 is 0 Å². The Morgan fingerprint density at radius 2 is 2.10 bits per heavy atom. The summed E-state index contributed by atoms with van der Waals surface area (Å²) >= 11 is 0. The molecule has 1 aromatic carbocycles. The van der Waals surface area contributed by atoms with Gasteiger partial charge in [0.1, 0.15) is 12.3 Å². The molecule has 0 aliphatic carbocycles. The zero-order chi connectivity index (χ0) is 20.7. The van der Waals surface area contributed by atoms with Gasteiger partial charge in [-0.3, -0.25) is 19.7 Å². The SMILES string of the molecule is O=C1CCC(N2Cc3ccc(CNCC4(c5ccon5)CNC4)cc3C2=O)C(=O)N1. The second-order valence-electron chi connectivity index (χ2n) is 8.26. The number of imide groups is 1. The first-order chi connectivity index (χ1) is 14.6. The van der Waals surface area contributed by atoms with Crippen LogP contribution in [0.2, 0.25) is 0 Å². The minimum absolute atomic E-state index is 0.0673. The van der Waals surface area contributed by atoms with Gasteiger partial charge in [0.05, 0.1) is 11.1 Å². The summed E-state index contributed by atoms with van der Waals surface area (Å²) in [6.07, 6.45) is 2.22. The van der Waals surface area contributed by atoms with Gasteiger partial charge in [0.15, 0.2) is 0 Å². The maximum absolute atomic E-state index is 12.9. The normalized spacial score (nSPS) is 22.6. The molecule has 0 radical (unpaired) electrons. The summed E-state index contributed by atoms with van der Waals surface area (Å²) in [6, 6.07) is 7.18. The Morgan fingerprint density at radius 1 is 1.23 bits per heavy atom. The summed E-state index contributed by atoms with van der Waals surface area (Å²) in [4.78, 5) is 38.1. The van der Waals surface area contributed by atoms with Crippen LogP contribution in [-0.2, 0) is 28.1 Å². The van der Waals surface area contributed by atoms with E-state index in [1.165, 1.54) is 0 Å². The first-order valence-corrected chi connectivity index (χ1v) is 10.1. The third-order valence-corrected chi connectivity index (χ3v) is 6.29. The van der Waals surface area contributed by atoms with Gasteiger partial charge in [-0.05, 0) is 23.6 Å². The van der Waals surface area contributed by atoms with Crippen molar-refractivity contribution in [1.29, 1.82) is 0 Å². The van der Waals surface area contributed by atoms with E-state index in [1.54, 1.807) is 11.2 Å². The third-order valence-electron chi connectivity index (χ3n) is 6.29. The number of benzene rings is 1. The molecule has 2 saturated heterocycles. The standard InChI is InChI=1S/C21H23N5O4/c27-18-4-3-16(19(28)24-18)26-9-14-2-1-13(7-15(14)20(26)29)8-22-10-21(11-23-12-21)17-5-6-30-25-17/h1-2,5-7,16,22-23H,3-4,8-12H2,(H,24,27,28). The lowest BCUT2D eigenvalue weighted by Gasteiger charge is -2.41. The highest BCUT2D eigenvalue weighted by atomic mass is 16.5. The number of aromatic nitrogens is 1. The molecule has 5 rings (SSSR count).